The van der Waals surface area contributed by atoms with E-state index < -0.39 is 29.2 Å². The summed E-state index contributed by atoms with van der Waals surface area (Å²) in [6.07, 6.45) is -2.36. The standard InChI is InChI=1S/C25H25F3N4O3/c26-25(27,28)18-7-3-8-19(15-18)30-11-13-31(14-12-30)21(33)16-32-22(34)24(29-23(32)35)10-4-6-17-5-1-2-9-20(17)24/h1-3,5,7-9,15H,4,6,10-14,16H2,(H,29,35)/t24-/m1/s1. The van der Waals surface area contributed by atoms with Gasteiger partial charge < -0.3 is 15.1 Å². The van der Waals surface area contributed by atoms with Crippen molar-refractivity contribution in [2.24, 2.45) is 0 Å². The fraction of sp³-hybridized carbons (Fsp3) is 0.400. The predicted molar refractivity (Wildman–Crippen MR) is 122 cm³/mol. The summed E-state index contributed by atoms with van der Waals surface area (Å²) in [6.45, 7) is 0.909. The number of imide groups is 1. The van der Waals surface area contributed by atoms with Crippen molar-refractivity contribution in [1.29, 1.82) is 0 Å². The van der Waals surface area contributed by atoms with Crippen LogP contribution in [-0.2, 0) is 27.7 Å². The van der Waals surface area contributed by atoms with E-state index in [0.717, 1.165) is 41.0 Å². The predicted octanol–water partition coefficient (Wildman–Crippen LogP) is 3.14. The number of hydrogen-bond donors (Lipinski definition) is 1. The van der Waals surface area contributed by atoms with Gasteiger partial charge in [0, 0.05) is 31.9 Å². The zero-order valence-electron chi connectivity index (χ0n) is 19.0. The van der Waals surface area contributed by atoms with Gasteiger partial charge in [0.05, 0.1) is 5.56 Å². The number of anilines is 1. The highest BCUT2D eigenvalue weighted by Crippen LogP contribution is 2.40. The van der Waals surface area contributed by atoms with Gasteiger partial charge in [-0.25, -0.2) is 4.79 Å². The molecule has 3 aliphatic rings. The number of amides is 4. The minimum absolute atomic E-state index is 0.284. The monoisotopic (exact) mass is 486 g/mol. The minimum Gasteiger partial charge on any atom is -0.368 e. The van der Waals surface area contributed by atoms with E-state index in [1.165, 1.54) is 6.07 Å². The Morgan fingerprint density at radius 2 is 1.74 bits per heavy atom. The molecule has 35 heavy (non-hydrogen) atoms. The first-order valence-electron chi connectivity index (χ1n) is 11.6. The van der Waals surface area contributed by atoms with E-state index in [1.807, 2.05) is 24.3 Å². The number of fused-ring (bicyclic) bond motifs is 2. The lowest BCUT2D eigenvalue weighted by atomic mass is 9.76. The van der Waals surface area contributed by atoms with Crippen LogP contribution in [0.5, 0.6) is 0 Å². The van der Waals surface area contributed by atoms with Gasteiger partial charge in [-0.05, 0) is 48.6 Å². The Kier molecular flexibility index (Phi) is 5.69. The highest BCUT2D eigenvalue weighted by molar-refractivity contribution is 6.09. The summed E-state index contributed by atoms with van der Waals surface area (Å²) in [5.74, 6) is -0.774. The van der Waals surface area contributed by atoms with Crippen LogP contribution in [0.2, 0.25) is 0 Å². The SMILES string of the molecule is O=C(CN1C(=O)N[C@@]2(CCCc3ccccc32)C1=O)N1CCN(c2cccc(C(F)(F)F)c2)CC1. The Labute approximate surface area is 200 Å². The molecule has 5 rings (SSSR count). The lowest BCUT2D eigenvalue weighted by molar-refractivity contribution is -0.139. The molecule has 4 amide bonds. The third-order valence-electron chi connectivity index (χ3n) is 7.12. The van der Waals surface area contributed by atoms with E-state index in [2.05, 4.69) is 5.32 Å². The molecular formula is C25H25F3N4O3. The summed E-state index contributed by atoms with van der Waals surface area (Å²) in [5, 5.41) is 2.85. The summed E-state index contributed by atoms with van der Waals surface area (Å²) in [4.78, 5) is 43.5. The van der Waals surface area contributed by atoms with Gasteiger partial charge in [-0.1, -0.05) is 30.3 Å². The number of alkyl halides is 3. The zero-order chi connectivity index (χ0) is 24.8. The Morgan fingerprint density at radius 3 is 2.49 bits per heavy atom. The number of carbonyl (C=O) groups excluding carboxylic acids is 3. The van der Waals surface area contributed by atoms with Crippen molar-refractivity contribution in [1.82, 2.24) is 15.1 Å². The lowest BCUT2D eigenvalue weighted by Gasteiger charge is -2.37. The second-order valence-corrected chi connectivity index (χ2v) is 9.15. The molecule has 0 unspecified atom stereocenters. The molecule has 2 saturated heterocycles. The molecule has 0 aromatic heterocycles. The number of piperazine rings is 1. The van der Waals surface area contributed by atoms with Crippen molar-refractivity contribution < 1.29 is 27.6 Å². The van der Waals surface area contributed by atoms with E-state index in [-0.39, 0.29) is 25.5 Å². The molecule has 184 valence electrons. The molecule has 0 bridgehead atoms. The molecule has 2 fully saturated rings. The van der Waals surface area contributed by atoms with Crippen LogP contribution in [0.1, 0.15) is 29.5 Å². The quantitative estimate of drug-likeness (QED) is 0.677. The van der Waals surface area contributed by atoms with E-state index in [4.69, 9.17) is 0 Å². The third kappa shape index (κ3) is 4.11. The molecule has 1 atom stereocenters. The van der Waals surface area contributed by atoms with Gasteiger partial charge in [-0.15, -0.1) is 0 Å². The summed E-state index contributed by atoms with van der Waals surface area (Å²) < 4.78 is 39.1. The zero-order valence-corrected chi connectivity index (χ0v) is 19.0. The van der Waals surface area contributed by atoms with Crippen molar-refractivity contribution in [2.45, 2.75) is 31.0 Å². The second-order valence-electron chi connectivity index (χ2n) is 9.15. The topological polar surface area (TPSA) is 73.0 Å². The summed E-state index contributed by atoms with van der Waals surface area (Å²) in [5.41, 5.74) is 0.402. The van der Waals surface area contributed by atoms with Crippen LogP contribution in [0.15, 0.2) is 48.5 Å². The fourth-order valence-electron chi connectivity index (χ4n) is 5.28. The van der Waals surface area contributed by atoms with Crippen LogP contribution >= 0.6 is 0 Å². The van der Waals surface area contributed by atoms with Crippen molar-refractivity contribution >= 4 is 23.5 Å². The first kappa shape index (κ1) is 23.2. The molecule has 0 saturated carbocycles. The Bertz CT molecular complexity index is 1180. The van der Waals surface area contributed by atoms with Crippen LogP contribution in [0, 0.1) is 0 Å². The maximum Gasteiger partial charge on any atom is 0.416 e. The number of urea groups is 1. The molecule has 1 aliphatic carbocycles. The molecule has 7 nitrogen and oxygen atoms in total. The maximum atomic E-state index is 13.4. The molecular weight excluding hydrogens is 461 g/mol. The molecule has 0 radical (unpaired) electrons. The average Bonchev–Trinajstić information content (AvgIpc) is 3.08. The Balaban J connectivity index is 1.24. The van der Waals surface area contributed by atoms with Gasteiger partial charge in [0.2, 0.25) is 5.91 Å². The summed E-state index contributed by atoms with van der Waals surface area (Å²) in [6, 6.07) is 12.1. The number of halogens is 3. The van der Waals surface area contributed by atoms with Crippen LogP contribution < -0.4 is 10.2 Å². The average molecular weight is 486 g/mol. The summed E-state index contributed by atoms with van der Waals surface area (Å²) in [7, 11) is 0. The van der Waals surface area contributed by atoms with Gasteiger partial charge in [-0.2, -0.15) is 13.2 Å². The van der Waals surface area contributed by atoms with E-state index in [9.17, 15) is 27.6 Å². The van der Waals surface area contributed by atoms with Crippen LogP contribution in [-0.4, -0.2) is 60.4 Å². The summed E-state index contributed by atoms with van der Waals surface area (Å²) >= 11 is 0. The molecule has 1 N–H and O–H groups in total. The highest BCUT2D eigenvalue weighted by atomic mass is 19.4. The number of aryl methyl sites for hydroxylation is 1. The smallest absolute Gasteiger partial charge is 0.368 e. The van der Waals surface area contributed by atoms with Crippen molar-refractivity contribution in [3.8, 4) is 0 Å². The number of carbonyl (C=O) groups is 3. The molecule has 10 heteroatoms. The third-order valence-corrected chi connectivity index (χ3v) is 7.12. The number of nitrogens with zero attached hydrogens (tertiary/aromatic N) is 3. The Morgan fingerprint density at radius 1 is 1.00 bits per heavy atom. The normalized spacial score (nSPS) is 22.4. The molecule has 2 aliphatic heterocycles. The number of benzene rings is 2. The molecule has 2 aromatic carbocycles. The highest BCUT2D eigenvalue weighted by Gasteiger charge is 2.54. The minimum atomic E-state index is -4.42. The fourth-order valence-corrected chi connectivity index (χ4v) is 5.28. The van der Waals surface area contributed by atoms with E-state index >= 15 is 0 Å². The molecule has 1 spiro atoms. The van der Waals surface area contributed by atoms with Gasteiger partial charge in [0.15, 0.2) is 0 Å². The Hall–Kier alpha value is -3.56. The lowest BCUT2D eigenvalue weighted by Crippen LogP contribution is -2.52. The first-order chi connectivity index (χ1) is 16.7. The van der Waals surface area contributed by atoms with Gasteiger partial charge in [-0.3, -0.25) is 14.5 Å². The molecule has 2 heterocycles. The van der Waals surface area contributed by atoms with Crippen LogP contribution in [0.4, 0.5) is 23.7 Å². The van der Waals surface area contributed by atoms with Crippen molar-refractivity contribution in [3.05, 3.63) is 65.2 Å². The van der Waals surface area contributed by atoms with Crippen LogP contribution in [0.25, 0.3) is 0 Å². The largest absolute Gasteiger partial charge is 0.416 e. The van der Waals surface area contributed by atoms with Gasteiger partial charge in [0.25, 0.3) is 5.91 Å². The second kappa shape index (κ2) is 8.58. The van der Waals surface area contributed by atoms with Crippen LogP contribution in [0.3, 0.4) is 0 Å². The molecule has 2 aromatic rings. The number of rotatable bonds is 3. The van der Waals surface area contributed by atoms with Crippen molar-refractivity contribution in [2.75, 3.05) is 37.6 Å². The number of nitrogens with one attached hydrogen (secondary N) is 1. The first-order valence-corrected chi connectivity index (χ1v) is 11.6. The van der Waals surface area contributed by atoms with E-state index in [1.54, 1.807) is 15.9 Å². The maximum absolute atomic E-state index is 13.4. The number of hydrogen-bond acceptors (Lipinski definition) is 4. The van der Waals surface area contributed by atoms with Crippen molar-refractivity contribution in [3.63, 3.8) is 0 Å². The van der Waals surface area contributed by atoms with Gasteiger partial charge in [0.1, 0.15) is 12.1 Å². The van der Waals surface area contributed by atoms with Gasteiger partial charge >= 0.3 is 12.2 Å². The van der Waals surface area contributed by atoms with E-state index in [0.29, 0.717) is 25.2 Å².